The lowest BCUT2D eigenvalue weighted by Gasteiger charge is -2.36. The molecule has 2 aliphatic rings. The molecule has 7 nitrogen and oxygen atoms in total. The summed E-state index contributed by atoms with van der Waals surface area (Å²) in [6.07, 6.45) is 7.22. The number of methoxy groups -OCH3 is 1. The number of benzene rings is 1. The molecule has 7 heteroatoms. The average Bonchev–Trinajstić information content (AvgIpc) is 2.83. The van der Waals surface area contributed by atoms with E-state index in [-0.39, 0.29) is 5.91 Å². The van der Waals surface area contributed by atoms with Crippen LogP contribution in [0, 0.1) is 0 Å². The number of ether oxygens (including phenoxy) is 1. The van der Waals surface area contributed by atoms with Crippen molar-refractivity contribution >= 4 is 23.6 Å². The van der Waals surface area contributed by atoms with Crippen molar-refractivity contribution in [2.24, 2.45) is 0 Å². The number of carbonyl (C=O) groups excluding carboxylic acids is 1. The Bertz CT molecular complexity index is 889. The van der Waals surface area contributed by atoms with E-state index in [2.05, 4.69) is 39.1 Å². The van der Waals surface area contributed by atoms with Gasteiger partial charge in [0.05, 0.1) is 7.11 Å². The summed E-state index contributed by atoms with van der Waals surface area (Å²) in [4.78, 5) is 19.0. The van der Waals surface area contributed by atoms with E-state index in [1.807, 2.05) is 35.2 Å². The fourth-order valence-electron chi connectivity index (χ4n) is 4.22. The fraction of sp³-hybridized carbons (Fsp3) is 0.458. The van der Waals surface area contributed by atoms with Gasteiger partial charge in [0.15, 0.2) is 11.6 Å². The lowest BCUT2D eigenvalue weighted by Crippen LogP contribution is -2.48. The molecule has 0 radical (unpaired) electrons. The first-order valence-electron chi connectivity index (χ1n) is 11.1. The molecule has 2 saturated heterocycles. The first-order chi connectivity index (χ1) is 15.1. The summed E-state index contributed by atoms with van der Waals surface area (Å²) in [5, 5.41) is 8.97. The van der Waals surface area contributed by atoms with Gasteiger partial charge in [-0.05, 0) is 62.1 Å². The van der Waals surface area contributed by atoms with E-state index in [1.165, 1.54) is 19.3 Å². The van der Waals surface area contributed by atoms with E-state index < -0.39 is 0 Å². The van der Waals surface area contributed by atoms with Crippen LogP contribution < -0.4 is 14.5 Å². The first kappa shape index (κ1) is 21.2. The van der Waals surface area contributed by atoms with Crippen LogP contribution in [0.5, 0.6) is 5.75 Å². The Balaban J connectivity index is 1.29. The van der Waals surface area contributed by atoms with Gasteiger partial charge >= 0.3 is 0 Å². The summed E-state index contributed by atoms with van der Waals surface area (Å²) in [5.74, 6) is 2.69. The van der Waals surface area contributed by atoms with Gasteiger partial charge in [-0.3, -0.25) is 4.79 Å². The molecular weight excluding hydrogens is 390 g/mol. The summed E-state index contributed by atoms with van der Waals surface area (Å²) < 4.78 is 5.16. The molecule has 3 heterocycles. The maximum atomic E-state index is 12.6. The van der Waals surface area contributed by atoms with Crippen LogP contribution in [0.15, 0.2) is 42.5 Å². The molecule has 2 aliphatic heterocycles. The van der Waals surface area contributed by atoms with Crippen molar-refractivity contribution in [3.63, 3.8) is 0 Å². The largest absolute Gasteiger partial charge is 0.497 e. The smallest absolute Gasteiger partial charge is 0.246 e. The minimum Gasteiger partial charge on any atom is -0.497 e. The van der Waals surface area contributed by atoms with Crippen LogP contribution in [0.25, 0.3) is 6.08 Å². The van der Waals surface area contributed by atoms with Gasteiger partial charge in [-0.15, -0.1) is 10.2 Å². The number of piperazine rings is 1. The third kappa shape index (κ3) is 5.16. The topological polar surface area (TPSA) is 61.8 Å². The Morgan fingerprint density at radius 1 is 0.968 bits per heavy atom. The molecule has 31 heavy (non-hydrogen) atoms. The molecule has 0 saturated carbocycles. The molecule has 164 valence electrons. The van der Waals surface area contributed by atoms with Gasteiger partial charge in [-0.1, -0.05) is 12.1 Å². The fourth-order valence-corrected chi connectivity index (χ4v) is 4.22. The highest BCUT2D eigenvalue weighted by molar-refractivity contribution is 5.92. The van der Waals surface area contributed by atoms with Gasteiger partial charge in [0.1, 0.15) is 5.75 Å². The predicted molar refractivity (Wildman–Crippen MR) is 124 cm³/mol. The number of hydrogen-bond acceptors (Lipinski definition) is 6. The van der Waals surface area contributed by atoms with Gasteiger partial charge in [-0.25, -0.2) is 0 Å². The van der Waals surface area contributed by atoms with Gasteiger partial charge < -0.3 is 19.4 Å². The Morgan fingerprint density at radius 3 is 2.32 bits per heavy atom. The monoisotopic (exact) mass is 421 g/mol. The Labute approximate surface area is 184 Å². The summed E-state index contributed by atoms with van der Waals surface area (Å²) in [5.41, 5.74) is 0.978. The molecule has 0 bridgehead atoms. The van der Waals surface area contributed by atoms with Crippen LogP contribution in [0.2, 0.25) is 0 Å². The summed E-state index contributed by atoms with van der Waals surface area (Å²) >= 11 is 0. The average molecular weight is 422 g/mol. The molecule has 0 spiro atoms. The molecule has 1 unspecified atom stereocenters. The van der Waals surface area contributed by atoms with Gasteiger partial charge in [-0.2, -0.15) is 0 Å². The predicted octanol–water partition coefficient (Wildman–Crippen LogP) is 3.23. The summed E-state index contributed by atoms with van der Waals surface area (Å²) in [7, 11) is 1.64. The third-order valence-electron chi connectivity index (χ3n) is 6.18. The van der Waals surface area contributed by atoms with Crippen molar-refractivity contribution < 1.29 is 9.53 Å². The molecule has 0 aliphatic carbocycles. The number of rotatable bonds is 5. The van der Waals surface area contributed by atoms with Crippen molar-refractivity contribution in [1.29, 1.82) is 0 Å². The number of piperidine rings is 1. The maximum absolute atomic E-state index is 12.6. The van der Waals surface area contributed by atoms with E-state index in [4.69, 9.17) is 4.74 Å². The van der Waals surface area contributed by atoms with E-state index in [9.17, 15) is 4.79 Å². The second kappa shape index (κ2) is 9.81. The normalized spacial score (nSPS) is 19.7. The van der Waals surface area contributed by atoms with Crippen molar-refractivity contribution in [3.8, 4) is 5.75 Å². The van der Waals surface area contributed by atoms with Crippen molar-refractivity contribution in [2.45, 2.75) is 32.2 Å². The Morgan fingerprint density at radius 2 is 1.68 bits per heavy atom. The van der Waals surface area contributed by atoms with E-state index in [0.29, 0.717) is 19.1 Å². The summed E-state index contributed by atoms with van der Waals surface area (Å²) in [6.45, 7) is 6.19. The quantitative estimate of drug-likeness (QED) is 0.691. The molecule has 2 fully saturated rings. The van der Waals surface area contributed by atoms with Crippen molar-refractivity contribution in [2.75, 3.05) is 49.6 Å². The number of aromatic nitrogens is 2. The number of amides is 1. The van der Waals surface area contributed by atoms with Crippen LogP contribution in [-0.4, -0.2) is 66.9 Å². The van der Waals surface area contributed by atoms with Crippen molar-refractivity contribution in [3.05, 3.63) is 48.0 Å². The molecule has 1 aromatic heterocycles. The van der Waals surface area contributed by atoms with E-state index in [1.54, 1.807) is 13.2 Å². The number of hydrogen-bond donors (Lipinski definition) is 0. The van der Waals surface area contributed by atoms with Crippen LogP contribution in [0.1, 0.15) is 31.7 Å². The zero-order valence-corrected chi connectivity index (χ0v) is 18.4. The van der Waals surface area contributed by atoms with E-state index in [0.717, 1.165) is 42.6 Å². The van der Waals surface area contributed by atoms with Crippen LogP contribution in [0.4, 0.5) is 11.6 Å². The molecule has 0 N–H and O–H groups in total. The van der Waals surface area contributed by atoms with Gasteiger partial charge in [0, 0.05) is 44.8 Å². The molecule has 1 amide bonds. The number of anilines is 2. The SMILES string of the molecule is COc1ccc(/C=C/C(=O)N2CCN(c3ccc(N4CCCCC4C)nn3)CC2)cc1. The maximum Gasteiger partial charge on any atom is 0.246 e. The second-order valence-electron chi connectivity index (χ2n) is 8.21. The molecule has 2 aromatic rings. The van der Waals surface area contributed by atoms with Crippen LogP contribution in [-0.2, 0) is 4.79 Å². The van der Waals surface area contributed by atoms with Crippen LogP contribution in [0.3, 0.4) is 0 Å². The zero-order chi connectivity index (χ0) is 21.6. The lowest BCUT2D eigenvalue weighted by atomic mass is 10.0. The number of carbonyl (C=O) groups is 1. The molecular formula is C24H31N5O2. The van der Waals surface area contributed by atoms with Gasteiger partial charge in [0.25, 0.3) is 0 Å². The van der Waals surface area contributed by atoms with Gasteiger partial charge in [0.2, 0.25) is 5.91 Å². The first-order valence-corrected chi connectivity index (χ1v) is 11.1. The Hall–Kier alpha value is -3.09. The summed E-state index contributed by atoms with van der Waals surface area (Å²) in [6, 6.07) is 12.3. The highest BCUT2D eigenvalue weighted by Gasteiger charge is 2.23. The van der Waals surface area contributed by atoms with E-state index >= 15 is 0 Å². The minimum absolute atomic E-state index is 0.0380. The molecule has 1 atom stereocenters. The minimum atomic E-state index is 0.0380. The molecule has 1 aromatic carbocycles. The lowest BCUT2D eigenvalue weighted by molar-refractivity contribution is -0.126. The van der Waals surface area contributed by atoms with Crippen LogP contribution >= 0.6 is 0 Å². The number of nitrogens with zero attached hydrogens (tertiary/aromatic N) is 5. The standard InChI is InChI=1S/C24H31N5O2/c1-19-5-3-4-14-29(19)23-12-11-22(25-26-23)27-15-17-28(18-16-27)24(30)13-8-20-6-9-21(31-2)10-7-20/h6-13,19H,3-5,14-18H2,1-2H3/b13-8+. The molecule has 4 rings (SSSR count). The highest BCUT2D eigenvalue weighted by atomic mass is 16.5. The zero-order valence-electron chi connectivity index (χ0n) is 18.4. The second-order valence-corrected chi connectivity index (χ2v) is 8.21. The third-order valence-corrected chi connectivity index (χ3v) is 6.18. The van der Waals surface area contributed by atoms with Crippen molar-refractivity contribution in [1.82, 2.24) is 15.1 Å². The highest BCUT2D eigenvalue weighted by Crippen LogP contribution is 2.24. The Kier molecular flexibility index (Phi) is 6.70.